The van der Waals surface area contributed by atoms with Crippen LogP contribution in [0.4, 0.5) is 10.1 Å². The van der Waals surface area contributed by atoms with E-state index in [0.717, 1.165) is 11.8 Å². The van der Waals surface area contributed by atoms with Gasteiger partial charge in [0, 0.05) is 23.4 Å². The number of anilines is 1. The maximum atomic E-state index is 13.8. The molecule has 0 saturated carbocycles. The van der Waals surface area contributed by atoms with E-state index in [4.69, 9.17) is 11.6 Å². The summed E-state index contributed by atoms with van der Waals surface area (Å²) in [6, 6.07) is 9.47. The third-order valence-electron chi connectivity index (χ3n) is 3.06. The minimum Gasteiger partial charge on any atom is -0.378 e. The van der Waals surface area contributed by atoms with Gasteiger partial charge < -0.3 is 5.32 Å². The van der Waals surface area contributed by atoms with Crippen LogP contribution in [-0.2, 0) is 16.4 Å². The van der Waals surface area contributed by atoms with Gasteiger partial charge in [0.2, 0.25) is 0 Å². The highest BCUT2D eigenvalue weighted by Gasteiger charge is 2.16. The lowest BCUT2D eigenvalue weighted by Gasteiger charge is -2.13. The van der Waals surface area contributed by atoms with Gasteiger partial charge in [-0.15, -0.1) is 0 Å². The third kappa shape index (κ3) is 3.74. The Morgan fingerprint density at radius 3 is 2.57 bits per heavy atom. The van der Waals surface area contributed by atoms with Gasteiger partial charge in [0.25, 0.3) is 0 Å². The van der Waals surface area contributed by atoms with Crippen LogP contribution in [0.3, 0.4) is 0 Å². The molecule has 6 heteroatoms. The number of hydrogen-bond donors (Lipinski definition) is 1. The fourth-order valence-electron chi connectivity index (χ4n) is 2.00. The van der Waals surface area contributed by atoms with Crippen LogP contribution in [0.15, 0.2) is 41.3 Å². The quantitative estimate of drug-likeness (QED) is 0.929. The van der Waals surface area contributed by atoms with Crippen molar-refractivity contribution >= 4 is 27.1 Å². The molecule has 0 spiro atoms. The molecule has 2 aromatic rings. The molecule has 0 heterocycles. The Morgan fingerprint density at radius 2 is 1.95 bits per heavy atom. The average Bonchev–Trinajstić information content (AvgIpc) is 2.37. The topological polar surface area (TPSA) is 46.2 Å². The summed E-state index contributed by atoms with van der Waals surface area (Å²) in [7, 11) is -3.40. The predicted octanol–water partition coefficient (Wildman–Crippen LogP) is 3.80. The minimum absolute atomic E-state index is 0.127. The number of halogens is 2. The maximum absolute atomic E-state index is 13.8. The molecule has 1 N–H and O–H groups in total. The monoisotopic (exact) mass is 327 g/mol. The first-order chi connectivity index (χ1) is 9.79. The number of sulfone groups is 1. The summed E-state index contributed by atoms with van der Waals surface area (Å²) in [6.07, 6.45) is 1.12. The number of hydrogen-bond acceptors (Lipinski definition) is 3. The van der Waals surface area contributed by atoms with Crippen molar-refractivity contribution in [1.29, 1.82) is 0 Å². The molecule has 0 aliphatic rings. The van der Waals surface area contributed by atoms with Crippen molar-refractivity contribution < 1.29 is 12.8 Å². The lowest BCUT2D eigenvalue weighted by molar-refractivity contribution is 0.601. The molecule has 21 heavy (non-hydrogen) atoms. The number of nitrogens with one attached hydrogen (secondary N) is 1. The standard InChI is InChI=1S/C15H15ClFNO2S/c1-10-6-7-14(13(17)8-10)18-9-11-12(16)4-3-5-15(11)21(2,19)20/h3-8,18H,9H2,1-2H3. The summed E-state index contributed by atoms with van der Waals surface area (Å²) in [4.78, 5) is 0.148. The molecule has 0 aromatic heterocycles. The van der Waals surface area contributed by atoms with Gasteiger partial charge in [-0.1, -0.05) is 23.7 Å². The van der Waals surface area contributed by atoms with Crippen LogP contribution in [-0.4, -0.2) is 14.7 Å². The number of rotatable bonds is 4. The van der Waals surface area contributed by atoms with Crippen LogP contribution >= 0.6 is 11.6 Å². The van der Waals surface area contributed by atoms with Gasteiger partial charge in [0.15, 0.2) is 9.84 Å². The third-order valence-corrected chi connectivity index (χ3v) is 4.59. The molecule has 2 aromatic carbocycles. The van der Waals surface area contributed by atoms with Crippen molar-refractivity contribution in [2.24, 2.45) is 0 Å². The molecule has 0 aliphatic heterocycles. The first kappa shape index (κ1) is 15.8. The number of benzene rings is 2. The van der Waals surface area contributed by atoms with E-state index in [0.29, 0.717) is 16.3 Å². The van der Waals surface area contributed by atoms with Crippen molar-refractivity contribution in [3.8, 4) is 0 Å². The van der Waals surface area contributed by atoms with Crippen LogP contribution in [0.5, 0.6) is 0 Å². The van der Waals surface area contributed by atoms with Gasteiger partial charge in [-0.25, -0.2) is 12.8 Å². The fraction of sp³-hybridized carbons (Fsp3) is 0.200. The minimum atomic E-state index is -3.40. The molecule has 0 bridgehead atoms. The molecule has 0 aliphatic carbocycles. The summed E-state index contributed by atoms with van der Waals surface area (Å²) < 4.78 is 37.3. The molecule has 0 atom stereocenters. The highest BCUT2D eigenvalue weighted by atomic mass is 35.5. The Kier molecular flexibility index (Phi) is 4.54. The van der Waals surface area contributed by atoms with Gasteiger partial charge in [-0.3, -0.25) is 0 Å². The highest BCUT2D eigenvalue weighted by Crippen LogP contribution is 2.25. The van der Waals surface area contributed by atoms with Crippen molar-refractivity contribution in [3.05, 3.63) is 58.4 Å². The zero-order valence-electron chi connectivity index (χ0n) is 11.7. The van der Waals surface area contributed by atoms with Gasteiger partial charge in [0.1, 0.15) is 5.82 Å². The summed E-state index contributed by atoms with van der Waals surface area (Å²) >= 11 is 6.07. The largest absolute Gasteiger partial charge is 0.378 e. The summed E-state index contributed by atoms with van der Waals surface area (Å²) in [5.74, 6) is -0.386. The lowest BCUT2D eigenvalue weighted by atomic mass is 10.2. The van der Waals surface area contributed by atoms with E-state index >= 15 is 0 Å². The van der Waals surface area contributed by atoms with Crippen LogP contribution in [0.1, 0.15) is 11.1 Å². The van der Waals surface area contributed by atoms with Crippen molar-refractivity contribution in [2.75, 3.05) is 11.6 Å². The number of aryl methyl sites for hydroxylation is 1. The smallest absolute Gasteiger partial charge is 0.175 e. The molecular formula is C15H15ClFNO2S. The van der Waals surface area contributed by atoms with Gasteiger partial charge in [0.05, 0.1) is 10.6 Å². The van der Waals surface area contributed by atoms with Crippen LogP contribution in [0.25, 0.3) is 0 Å². The predicted molar refractivity (Wildman–Crippen MR) is 83.0 cm³/mol. The molecule has 0 radical (unpaired) electrons. The van der Waals surface area contributed by atoms with Crippen molar-refractivity contribution in [3.63, 3.8) is 0 Å². The lowest BCUT2D eigenvalue weighted by Crippen LogP contribution is -2.08. The molecule has 0 fully saturated rings. The van der Waals surface area contributed by atoms with Crippen LogP contribution in [0, 0.1) is 12.7 Å². The van der Waals surface area contributed by atoms with E-state index in [9.17, 15) is 12.8 Å². The van der Waals surface area contributed by atoms with Gasteiger partial charge in [-0.05, 0) is 36.8 Å². The Hall–Kier alpha value is -1.59. The van der Waals surface area contributed by atoms with E-state index < -0.39 is 9.84 Å². The maximum Gasteiger partial charge on any atom is 0.175 e. The Labute approximate surface area is 128 Å². The molecule has 3 nitrogen and oxygen atoms in total. The van der Waals surface area contributed by atoms with E-state index in [1.807, 2.05) is 0 Å². The van der Waals surface area contributed by atoms with Gasteiger partial charge >= 0.3 is 0 Å². The van der Waals surface area contributed by atoms with Crippen LogP contribution in [0.2, 0.25) is 5.02 Å². The van der Waals surface area contributed by atoms with E-state index in [-0.39, 0.29) is 17.3 Å². The molecular weight excluding hydrogens is 313 g/mol. The first-order valence-electron chi connectivity index (χ1n) is 6.26. The zero-order valence-corrected chi connectivity index (χ0v) is 13.2. The Morgan fingerprint density at radius 1 is 1.24 bits per heavy atom. The second-order valence-corrected chi connectivity index (χ2v) is 7.22. The molecule has 2 rings (SSSR count). The normalized spacial score (nSPS) is 11.4. The zero-order chi connectivity index (χ0) is 15.6. The Bertz CT molecular complexity index is 775. The second kappa shape index (κ2) is 6.03. The molecule has 0 saturated heterocycles. The van der Waals surface area contributed by atoms with Crippen molar-refractivity contribution in [2.45, 2.75) is 18.4 Å². The van der Waals surface area contributed by atoms with Crippen LogP contribution < -0.4 is 5.32 Å². The van der Waals surface area contributed by atoms with Gasteiger partial charge in [-0.2, -0.15) is 0 Å². The molecule has 0 amide bonds. The van der Waals surface area contributed by atoms with E-state index in [1.165, 1.54) is 12.1 Å². The van der Waals surface area contributed by atoms with E-state index in [2.05, 4.69) is 5.32 Å². The SMILES string of the molecule is Cc1ccc(NCc2c(Cl)cccc2S(C)(=O)=O)c(F)c1. The summed E-state index contributed by atoms with van der Waals surface area (Å²) in [5, 5.41) is 3.22. The average molecular weight is 328 g/mol. The second-order valence-electron chi connectivity index (χ2n) is 4.83. The van der Waals surface area contributed by atoms with E-state index in [1.54, 1.807) is 31.2 Å². The highest BCUT2D eigenvalue weighted by molar-refractivity contribution is 7.90. The molecule has 112 valence electrons. The Balaban J connectivity index is 2.32. The first-order valence-corrected chi connectivity index (χ1v) is 8.53. The molecule has 0 unspecified atom stereocenters. The summed E-state index contributed by atoms with van der Waals surface area (Å²) in [5.41, 5.74) is 1.55. The summed E-state index contributed by atoms with van der Waals surface area (Å²) in [6.45, 7) is 1.92. The fourth-order valence-corrected chi connectivity index (χ4v) is 3.26. The van der Waals surface area contributed by atoms with Crippen molar-refractivity contribution in [1.82, 2.24) is 0 Å².